The summed E-state index contributed by atoms with van der Waals surface area (Å²) in [5.74, 6) is -0.448. The highest BCUT2D eigenvalue weighted by atomic mass is 16.2. The number of hydrogen-bond donors (Lipinski definition) is 7. The minimum atomic E-state index is -1.15. The molecule has 15 heteroatoms. The molecular weight excluding hydrogens is 570 g/mol. The van der Waals surface area contributed by atoms with E-state index in [1.165, 1.54) is 6.92 Å². The number of carbonyl (C=O) groups excluding carboxylic acids is 6. The monoisotopic (exact) mass is 611 g/mol. The van der Waals surface area contributed by atoms with E-state index < -0.39 is 60.2 Å². The van der Waals surface area contributed by atoms with Crippen LogP contribution in [0.25, 0.3) is 0 Å². The van der Waals surface area contributed by atoms with E-state index >= 15 is 0 Å². The van der Waals surface area contributed by atoms with Crippen LogP contribution in [0.3, 0.4) is 0 Å². The zero-order valence-corrected chi connectivity index (χ0v) is 24.8. The van der Waals surface area contributed by atoms with Crippen molar-refractivity contribution in [3.8, 4) is 12.0 Å². The van der Waals surface area contributed by atoms with Gasteiger partial charge in [-0.3, -0.25) is 29.4 Å². The van der Waals surface area contributed by atoms with Crippen molar-refractivity contribution in [2.45, 2.75) is 50.7 Å². The van der Waals surface area contributed by atoms with Gasteiger partial charge in [0, 0.05) is 25.6 Å². The van der Waals surface area contributed by atoms with Gasteiger partial charge >= 0.3 is 6.03 Å². The average molecular weight is 612 g/mol. The van der Waals surface area contributed by atoms with Crippen LogP contribution in [0.2, 0.25) is 0 Å². The number of carbonyl (C=O) groups is 6. The van der Waals surface area contributed by atoms with Crippen LogP contribution in [0, 0.1) is 12.0 Å². The first-order chi connectivity index (χ1) is 21.0. The second-order valence-corrected chi connectivity index (χ2v) is 10.0. The molecule has 2 rings (SSSR count). The number of hydrogen-bond acceptors (Lipinski definition) is 8. The quantitative estimate of drug-likeness (QED) is 0.107. The van der Waals surface area contributed by atoms with Crippen molar-refractivity contribution < 1.29 is 28.8 Å². The summed E-state index contributed by atoms with van der Waals surface area (Å²) >= 11 is 0. The largest absolute Gasteiger partial charge is 0.368 e. The maximum Gasteiger partial charge on any atom is 0.337 e. The predicted molar refractivity (Wildman–Crippen MR) is 162 cm³/mol. The third-order valence-corrected chi connectivity index (χ3v) is 6.44. The van der Waals surface area contributed by atoms with E-state index in [1.54, 1.807) is 41.3 Å². The Morgan fingerprint density at radius 3 is 2.52 bits per heavy atom. The molecule has 0 aliphatic carbocycles. The summed E-state index contributed by atoms with van der Waals surface area (Å²) < 4.78 is 0. The Kier molecular flexibility index (Phi) is 14.7. The summed E-state index contributed by atoms with van der Waals surface area (Å²) in [6, 6.07) is 7.78. The van der Waals surface area contributed by atoms with Gasteiger partial charge in [0.2, 0.25) is 23.6 Å². The van der Waals surface area contributed by atoms with E-state index in [4.69, 9.17) is 11.5 Å². The Balaban J connectivity index is 2.32. The maximum atomic E-state index is 13.5. The third kappa shape index (κ3) is 12.4. The molecule has 1 aliphatic rings. The lowest BCUT2D eigenvalue weighted by atomic mass is 10.0. The number of urea groups is 1. The van der Waals surface area contributed by atoms with Gasteiger partial charge in [0.1, 0.15) is 24.7 Å². The van der Waals surface area contributed by atoms with Crippen molar-refractivity contribution in [1.82, 2.24) is 36.6 Å². The number of rotatable bonds is 11. The van der Waals surface area contributed by atoms with Gasteiger partial charge in [-0.1, -0.05) is 42.3 Å². The highest BCUT2D eigenvalue weighted by molar-refractivity contribution is 5.93. The standard InChI is InChI=1S/C29H41N9O6/c1-3-13-37-14-8-7-12-22(26(31)41)34-28(43)23(17-21-10-5-4-6-11-21)35-29(44)38(16-9-15-37)36-27(42)20(2)33-25(40)19-32-24(39)18-30/h3-6,10-11,20,22-23H,1,7-8,12-14,16-19,30H2,2H3,(H2,31,41)(H,32,39)(H,33,40)(H,34,43)(H,35,44)(H,36,42)/t20-,22-,23+/m0/s1. The van der Waals surface area contributed by atoms with Crippen LogP contribution >= 0.6 is 0 Å². The van der Waals surface area contributed by atoms with Crippen molar-refractivity contribution in [3.63, 3.8) is 0 Å². The Bertz CT molecular complexity index is 1250. The third-order valence-electron chi connectivity index (χ3n) is 6.44. The molecule has 44 heavy (non-hydrogen) atoms. The number of nitrogens with zero attached hydrogens (tertiary/aromatic N) is 2. The number of amides is 7. The molecule has 0 fully saturated rings. The summed E-state index contributed by atoms with van der Waals surface area (Å²) in [4.78, 5) is 77.2. The van der Waals surface area contributed by atoms with E-state index in [0.717, 1.165) is 10.6 Å². The predicted octanol–water partition coefficient (Wildman–Crippen LogP) is -2.18. The van der Waals surface area contributed by atoms with Crippen molar-refractivity contribution in [1.29, 1.82) is 0 Å². The molecule has 9 N–H and O–H groups in total. The SMILES string of the molecule is C=CCN1C#CCN(NC(=O)[C@H](C)NC(=O)CNC(=O)CN)C(=O)N[C@H](Cc2ccccc2)C(=O)N[C@H](C(N)=O)CCCC1. The normalized spacial score (nSPS) is 18.5. The van der Waals surface area contributed by atoms with Gasteiger partial charge in [0.15, 0.2) is 0 Å². The van der Waals surface area contributed by atoms with E-state index in [0.29, 0.717) is 32.4 Å². The minimum absolute atomic E-state index is 0.0749. The maximum absolute atomic E-state index is 13.5. The average Bonchev–Trinajstić information content (AvgIpc) is 3.00. The zero-order valence-electron chi connectivity index (χ0n) is 24.8. The molecule has 7 amide bonds. The Hall–Kier alpha value is -5.10. The molecular formula is C29H41N9O6. The van der Waals surface area contributed by atoms with Gasteiger partial charge in [-0.25, -0.2) is 9.80 Å². The van der Waals surface area contributed by atoms with Crippen LogP contribution in [0.5, 0.6) is 0 Å². The number of nitrogens with two attached hydrogens (primary N) is 2. The molecule has 0 aromatic heterocycles. The molecule has 0 saturated heterocycles. The molecule has 0 saturated carbocycles. The summed E-state index contributed by atoms with van der Waals surface area (Å²) in [6.07, 6.45) is 3.24. The van der Waals surface area contributed by atoms with Gasteiger partial charge in [0.25, 0.3) is 5.91 Å². The molecule has 0 radical (unpaired) electrons. The fraction of sp³-hybridized carbons (Fsp3) is 0.448. The lowest BCUT2D eigenvalue weighted by Crippen LogP contribution is -2.60. The van der Waals surface area contributed by atoms with Crippen LogP contribution in [0.15, 0.2) is 43.0 Å². The van der Waals surface area contributed by atoms with Crippen LogP contribution in [-0.2, 0) is 30.4 Å². The van der Waals surface area contributed by atoms with Crippen molar-refractivity contribution >= 4 is 35.6 Å². The number of hydrazine groups is 1. The first-order valence-electron chi connectivity index (χ1n) is 14.2. The molecule has 238 valence electrons. The number of primary amides is 1. The molecule has 1 heterocycles. The highest BCUT2D eigenvalue weighted by Gasteiger charge is 2.29. The van der Waals surface area contributed by atoms with Crippen molar-refractivity contribution in [2.24, 2.45) is 11.5 Å². The molecule has 1 aromatic rings. The van der Waals surface area contributed by atoms with Gasteiger partial charge in [-0.2, -0.15) is 0 Å². The van der Waals surface area contributed by atoms with Gasteiger partial charge < -0.3 is 37.6 Å². The fourth-order valence-corrected chi connectivity index (χ4v) is 4.07. The van der Waals surface area contributed by atoms with E-state index in [9.17, 15) is 28.8 Å². The van der Waals surface area contributed by atoms with E-state index in [1.807, 2.05) is 0 Å². The summed E-state index contributed by atoms with van der Waals surface area (Å²) in [5, 5.41) is 10.9. The van der Waals surface area contributed by atoms with Crippen molar-refractivity contribution in [2.75, 3.05) is 32.7 Å². The Morgan fingerprint density at radius 1 is 1.14 bits per heavy atom. The fourth-order valence-electron chi connectivity index (χ4n) is 4.07. The second kappa shape index (κ2) is 18.4. The first kappa shape index (κ1) is 35.1. The number of nitrogens with one attached hydrogen (secondary N) is 5. The van der Waals surface area contributed by atoms with Gasteiger partial charge in [-0.15, -0.1) is 6.58 Å². The molecule has 0 unspecified atom stereocenters. The van der Waals surface area contributed by atoms with Crippen molar-refractivity contribution in [3.05, 3.63) is 48.6 Å². The lowest BCUT2D eigenvalue weighted by molar-refractivity contribution is -0.131. The zero-order chi connectivity index (χ0) is 32.5. The van der Waals surface area contributed by atoms with E-state index in [2.05, 4.69) is 45.2 Å². The summed E-state index contributed by atoms with van der Waals surface area (Å²) in [7, 11) is 0. The number of benzene rings is 1. The van der Waals surface area contributed by atoms with Gasteiger partial charge in [-0.05, 0) is 31.7 Å². The smallest absolute Gasteiger partial charge is 0.337 e. The minimum Gasteiger partial charge on any atom is -0.368 e. The molecule has 1 aromatic carbocycles. The summed E-state index contributed by atoms with van der Waals surface area (Å²) in [6.45, 7) is 5.08. The van der Waals surface area contributed by atoms with E-state index in [-0.39, 0.29) is 19.5 Å². The first-order valence-corrected chi connectivity index (χ1v) is 14.2. The topological polar surface area (TPSA) is 221 Å². The molecule has 0 bridgehead atoms. The highest BCUT2D eigenvalue weighted by Crippen LogP contribution is 2.08. The van der Waals surface area contributed by atoms with Gasteiger partial charge in [0.05, 0.1) is 13.1 Å². The summed E-state index contributed by atoms with van der Waals surface area (Å²) in [5.41, 5.74) is 13.9. The van der Waals surface area contributed by atoms with Crippen LogP contribution in [-0.4, -0.2) is 96.3 Å². The lowest BCUT2D eigenvalue weighted by Gasteiger charge is -2.27. The van der Waals surface area contributed by atoms with Crippen LogP contribution in [0.4, 0.5) is 4.79 Å². The molecule has 0 spiro atoms. The second-order valence-electron chi connectivity index (χ2n) is 10.0. The molecule has 3 atom stereocenters. The van der Waals surface area contributed by atoms with Crippen LogP contribution in [0.1, 0.15) is 31.7 Å². The van der Waals surface area contributed by atoms with Crippen LogP contribution < -0.4 is 38.2 Å². The molecule has 1 aliphatic heterocycles. The Morgan fingerprint density at radius 2 is 1.86 bits per heavy atom. The molecule has 15 nitrogen and oxygen atoms in total. The Labute approximate surface area is 256 Å².